The summed E-state index contributed by atoms with van der Waals surface area (Å²) in [5, 5.41) is 11.9. The molecule has 0 aliphatic heterocycles. The van der Waals surface area contributed by atoms with E-state index in [1.165, 1.54) is 11.8 Å². The molecule has 0 amide bonds. The first-order chi connectivity index (χ1) is 32.5. The number of aryl methyl sites for hydroxylation is 2. The summed E-state index contributed by atoms with van der Waals surface area (Å²) in [5.41, 5.74) is 8.74. The number of imidazole rings is 1. The number of pyridine rings is 1. The number of fused-ring (bicyclic) bond motifs is 1. The first-order valence-corrected chi connectivity index (χ1v) is 20.2. The molecule has 312 valence electrons. The van der Waals surface area contributed by atoms with Crippen LogP contribution in [-0.4, -0.2) is 19.6 Å². The summed E-state index contributed by atoms with van der Waals surface area (Å²) in [6, 6.07) is 28.1. The van der Waals surface area contributed by atoms with Gasteiger partial charge in [0.15, 0.2) is 0 Å². The second-order valence-corrected chi connectivity index (χ2v) is 17.9. The van der Waals surface area contributed by atoms with E-state index in [1.54, 1.807) is 0 Å². The Morgan fingerprint density at radius 3 is 2.10 bits per heavy atom. The minimum absolute atomic E-state index is 0. The standard InChI is InChI=1S/C56H56N3O.Pt/c1-34(2)40-21-24-50(47(32-40)39-19-22-44(23-20-39)55(6,7)8)59-51-14-12-13-46(52(51)58-54(59)48-28-36(4)27-37(5)53(48)60)42-29-43(31-45(30-42)56(9,10)11)49-33-41(25-26-57-49)38-17-15-35(3)16-18-38;/h12-28,30-34,60H,1-11H3;/q-1;/i3D3,15D,16D,17D,18D,25D,33D,34D;. The molecule has 2 aromatic heterocycles. The second-order valence-electron chi connectivity index (χ2n) is 17.9. The third kappa shape index (κ3) is 8.66. The van der Waals surface area contributed by atoms with Crippen LogP contribution >= 0.6 is 0 Å². The van der Waals surface area contributed by atoms with E-state index >= 15 is 0 Å². The molecule has 61 heavy (non-hydrogen) atoms. The van der Waals surface area contributed by atoms with Crippen molar-refractivity contribution in [1.82, 2.24) is 14.5 Å². The van der Waals surface area contributed by atoms with Gasteiger partial charge in [-0.3, -0.25) is 9.55 Å². The van der Waals surface area contributed by atoms with E-state index in [-0.39, 0.29) is 61.1 Å². The fourth-order valence-electron chi connectivity index (χ4n) is 7.63. The normalized spacial score (nSPS) is 14.7. The minimum atomic E-state index is -2.93. The van der Waals surface area contributed by atoms with Crippen molar-refractivity contribution in [3.8, 4) is 67.5 Å². The van der Waals surface area contributed by atoms with Crippen LogP contribution in [0.1, 0.15) is 108 Å². The van der Waals surface area contributed by atoms with Gasteiger partial charge in [0, 0.05) is 44.0 Å². The van der Waals surface area contributed by atoms with Crippen molar-refractivity contribution in [2.75, 3.05) is 0 Å². The molecule has 6 aromatic carbocycles. The second kappa shape index (κ2) is 16.7. The van der Waals surface area contributed by atoms with Crippen LogP contribution in [0.3, 0.4) is 0 Å². The molecule has 5 heteroatoms. The molecule has 0 atom stereocenters. The maximum atomic E-state index is 11.9. The maximum absolute atomic E-state index is 11.9. The molecule has 4 nitrogen and oxygen atoms in total. The summed E-state index contributed by atoms with van der Waals surface area (Å²) in [5.74, 6) is -0.338. The van der Waals surface area contributed by atoms with Gasteiger partial charge in [-0.2, -0.15) is 0 Å². The summed E-state index contributed by atoms with van der Waals surface area (Å²) in [6.45, 7) is 17.3. The first kappa shape index (κ1) is 32.2. The van der Waals surface area contributed by atoms with Crippen LogP contribution in [0.4, 0.5) is 0 Å². The predicted molar refractivity (Wildman–Crippen MR) is 252 cm³/mol. The van der Waals surface area contributed by atoms with Crippen LogP contribution in [-0.2, 0) is 31.9 Å². The van der Waals surface area contributed by atoms with Gasteiger partial charge in [-0.1, -0.05) is 151 Å². The van der Waals surface area contributed by atoms with E-state index in [2.05, 4.69) is 66.7 Å². The molecule has 0 bridgehead atoms. The zero-order valence-electron chi connectivity index (χ0n) is 46.3. The molecule has 0 aliphatic rings. The van der Waals surface area contributed by atoms with Crippen molar-refractivity contribution < 1.29 is 39.9 Å². The number of aromatic nitrogens is 3. The number of benzene rings is 6. The molecule has 0 fully saturated rings. The number of para-hydroxylation sites is 1. The molecule has 0 radical (unpaired) electrons. The van der Waals surface area contributed by atoms with Crippen LogP contribution in [0.15, 0.2) is 127 Å². The van der Waals surface area contributed by atoms with Gasteiger partial charge in [0.05, 0.1) is 30.5 Å². The SMILES string of the molecule is [2H]c1cnc(-c2[c-]c(-c3cccc4c3nc(-c3cc(C)cc(C)c3O)n4-c3ccc(C([2H])(C)C)cc3-c3ccc(C(C)(C)C)cc3)cc(C(C)(C)C)c2)c([2H])c1-c1c([2H])c([2H])c(C([2H])([2H])[2H])c([2H])c1[2H].[Pt]. The molecule has 0 saturated heterocycles. The first-order valence-electron chi connectivity index (χ1n) is 25.2. The zero-order chi connectivity index (χ0) is 51.3. The average Bonchev–Trinajstić information content (AvgIpc) is 3.66. The fourth-order valence-corrected chi connectivity index (χ4v) is 7.63. The summed E-state index contributed by atoms with van der Waals surface area (Å²) in [7, 11) is 0. The Bertz CT molecular complexity index is 3380. The quantitative estimate of drug-likeness (QED) is 0.162. The number of hydrogen-bond donors (Lipinski definition) is 1. The topological polar surface area (TPSA) is 50.9 Å². The van der Waals surface area contributed by atoms with Crippen LogP contribution in [0.25, 0.3) is 72.7 Å². The number of hydrogen-bond acceptors (Lipinski definition) is 3. The van der Waals surface area contributed by atoms with E-state index in [0.29, 0.717) is 39.2 Å². The third-order valence-electron chi connectivity index (χ3n) is 11.0. The molecular weight excluding hydrogens is 926 g/mol. The van der Waals surface area contributed by atoms with Gasteiger partial charge in [-0.25, -0.2) is 4.98 Å². The zero-order valence-corrected chi connectivity index (χ0v) is 38.5. The van der Waals surface area contributed by atoms with Gasteiger partial charge in [0.25, 0.3) is 0 Å². The Morgan fingerprint density at radius 2 is 1.43 bits per heavy atom. The van der Waals surface area contributed by atoms with E-state index in [1.807, 2.05) is 103 Å². The Hall–Kier alpha value is -5.57. The summed E-state index contributed by atoms with van der Waals surface area (Å²) >= 11 is 0. The van der Waals surface area contributed by atoms with E-state index in [4.69, 9.17) is 17.3 Å². The van der Waals surface area contributed by atoms with Gasteiger partial charge in [0.1, 0.15) is 11.6 Å². The molecule has 2 heterocycles. The van der Waals surface area contributed by atoms with Gasteiger partial charge in [-0.15, -0.1) is 29.3 Å². The predicted octanol–water partition coefficient (Wildman–Crippen LogP) is 14.9. The monoisotopic (exact) mass is 991 g/mol. The smallest absolute Gasteiger partial charge is 0.148 e. The number of rotatable bonds is 7. The van der Waals surface area contributed by atoms with E-state index in [0.717, 1.165) is 39.0 Å². The van der Waals surface area contributed by atoms with E-state index < -0.39 is 47.9 Å². The molecule has 1 N–H and O–H groups in total. The van der Waals surface area contributed by atoms with Crippen LogP contribution in [0, 0.1) is 26.8 Å². The van der Waals surface area contributed by atoms with Crippen molar-refractivity contribution in [1.29, 1.82) is 0 Å². The Kier molecular flexibility index (Phi) is 8.82. The molecular formula is C56H56N3OPt-. The number of aromatic hydroxyl groups is 1. The van der Waals surface area contributed by atoms with Crippen molar-refractivity contribution in [2.24, 2.45) is 0 Å². The average molecular weight is 992 g/mol. The number of phenolic OH excluding ortho intramolecular Hbond substituents is 1. The molecule has 8 aromatic rings. The van der Waals surface area contributed by atoms with Crippen molar-refractivity contribution in [3.05, 3.63) is 167 Å². The summed E-state index contributed by atoms with van der Waals surface area (Å²) in [4.78, 5) is 9.97. The summed E-state index contributed by atoms with van der Waals surface area (Å²) < 4.78 is 88.0. The largest absolute Gasteiger partial charge is 0.507 e. The van der Waals surface area contributed by atoms with Crippen molar-refractivity contribution >= 4 is 11.0 Å². The van der Waals surface area contributed by atoms with Crippen LogP contribution < -0.4 is 0 Å². The van der Waals surface area contributed by atoms with E-state index in [9.17, 15) is 6.48 Å². The van der Waals surface area contributed by atoms with Crippen molar-refractivity contribution in [3.63, 3.8) is 0 Å². The summed E-state index contributed by atoms with van der Waals surface area (Å²) in [6.07, 6.45) is 1.19. The Morgan fingerprint density at radius 1 is 0.721 bits per heavy atom. The van der Waals surface area contributed by atoms with Gasteiger partial charge >= 0.3 is 0 Å². The van der Waals surface area contributed by atoms with Crippen LogP contribution in [0.5, 0.6) is 5.75 Å². The Balaban J connectivity index is 0.00000741. The maximum Gasteiger partial charge on any atom is 0.148 e. The van der Waals surface area contributed by atoms with Crippen molar-refractivity contribution in [2.45, 2.75) is 92.8 Å². The molecule has 8 rings (SSSR count). The van der Waals surface area contributed by atoms with Gasteiger partial charge in [0.2, 0.25) is 0 Å². The fraction of sp³-hybridized carbons (Fsp3) is 0.250. The van der Waals surface area contributed by atoms with Gasteiger partial charge < -0.3 is 5.11 Å². The van der Waals surface area contributed by atoms with Crippen LogP contribution in [0.2, 0.25) is 0 Å². The molecule has 0 unspecified atom stereocenters. The minimum Gasteiger partial charge on any atom is -0.507 e. The number of nitrogens with zero attached hydrogens (tertiary/aromatic N) is 3. The third-order valence-corrected chi connectivity index (χ3v) is 11.0. The number of phenols is 1. The molecule has 0 spiro atoms. The Labute approximate surface area is 391 Å². The molecule has 0 aliphatic carbocycles. The molecule has 0 saturated carbocycles. The van der Waals surface area contributed by atoms with Gasteiger partial charge in [-0.05, 0) is 107 Å².